The van der Waals surface area contributed by atoms with Crippen molar-refractivity contribution in [2.75, 3.05) is 19.4 Å². The van der Waals surface area contributed by atoms with Crippen LogP contribution in [0.5, 0.6) is 5.75 Å². The van der Waals surface area contributed by atoms with E-state index in [4.69, 9.17) is 15.1 Å². The Kier molecular flexibility index (Phi) is 14.6. The fourth-order valence-electron chi connectivity index (χ4n) is 8.79. The van der Waals surface area contributed by atoms with Crippen LogP contribution in [0.1, 0.15) is 115 Å². The van der Waals surface area contributed by atoms with Crippen molar-refractivity contribution in [3.8, 4) is 12.0 Å². The van der Waals surface area contributed by atoms with Gasteiger partial charge in [0, 0.05) is 58.9 Å². The average molecular weight is 919 g/mol. The van der Waals surface area contributed by atoms with Crippen molar-refractivity contribution in [2.45, 2.75) is 134 Å². The Balaban J connectivity index is 0.000000174. The Hall–Kier alpha value is -5.78. The Labute approximate surface area is 375 Å². The summed E-state index contributed by atoms with van der Waals surface area (Å²) in [4.78, 5) is 38.2. The van der Waals surface area contributed by atoms with E-state index in [1.165, 1.54) is 86.7 Å². The molecule has 4 amide bonds. The zero-order chi connectivity index (χ0) is 46.7. The van der Waals surface area contributed by atoms with Crippen LogP contribution in [0, 0.1) is 11.5 Å². The lowest BCUT2D eigenvalue weighted by Gasteiger charge is -2.17. The molecule has 2 aromatic heterocycles. The molecule has 4 aromatic rings. The third kappa shape index (κ3) is 10.8. The number of benzene rings is 2. The van der Waals surface area contributed by atoms with Gasteiger partial charge in [-0.2, -0.15) is 18.6 Å². The molecule has 0 unspecified atom stereocenters. The minimum Gasteiger partial charge on any atom is -0.387 e. The first-order valence-electron chi connectivity index (χ1n) is 21.5. The first-order valence-corrected chi connectivity index (χ1v) is 24.5. The van der Waals surface area contributed by atoms with Gasteiger partial charge in [0.1, 0.15) is 5.75 Å². The summed E-state index contributed by atoms with van der Waals surface area (Å²) >= 11 is 0. The number of rotatable bonds is 10. The second-order valence-electron chi connectivity index (χ2n) is 17.1. The van der Waals surface area contributed by atoms with Crippen molar-refractivity contribution in [1.82, 2.24) is 34.1 Å². The van der Waals surface area contributed by atoms with E-state index < -0.39 is 26.1 Å². The zero-order valence-electron chi connectivity index (χ0n) is 37.6. The second-order valence-corrected chi connectivity index (χ2v) is 20.2. The molecular formula is C44H58N10O8S2. The van der Waals surface area contributed by atoms with Gasteiger partial charge >= 0.3 is 6.03 Å². The SMILES string of the molecule is CC(=O)N(C)Cc1cc(S(=O)(=O)NC(=O)Nc2c3c(cc4c2CCC4)CCC3)nn1C.CC(=O)N(C)Cc1cc(S(N)(=O)=O)nn1C(C)C.N#COc1c2c(cc3c1CCC3)CCC2. The number of sulfonamides is 2. The van der Waals surface area contributed by atoms with Crippen molar-refractivity contribution in [3.05, 3.63) is 80.2 Å². The molecule has 0 saturated heterocycles. The number of hydrogen-bond acceptors (Lipinski definition) is 11. The van der Waals surface area contributed by atoms with Gasteiger partial charge in [-0.25, -0.2) is 23.1 Å². The number of nitrogens with zero attached hydrogens (tertiary/aromatic N) is 7. The van der Waals surface area contributed by atoms with Crippen molar-refractivity contribution >= 4 is 43.6 Å². The molecule has 0 saturated carbocycles. The van der Waals surface area contributed by atoms with Crippen molar-refractivity contribution < 1.29 is 36.0 Å². The number of nitrogens with one attached hydrogen (secondary N) is 2. The largest absolute Gasteiger partial charge is 0.387 e. The number of nitriles is 1. The van der Waals surface area contributed by atoms with E-state index in [0.717, 1.165) is 86.8 Å². The van der Waals surface area contributed by atoms with Crippen LogP contribution in [0.4, 0.5) is 10.5 Å². The lowest BCUT2D eigenvalue weighted by atomic mass is 9.99. The molecule has 20 heteroatoms. The van der Waals surface area contributed by atoms with Gasteiger partial charge in [0.25, 0.3) is 26.3 Å². The third-order valence-corrected chi connectivity index (χ3v) is 14.2. The minimum atomic E-state index is -4.16. The maximum Gasteiger partial charge on any atom is 0.333 e. The first kappa shape index (κ1) is 47.7. The predicted octanol–water partition coefficient (Wildman–Crippen LogP) is 4.50. The van der Waals surface area contributed by atoms with E-state index in [1.807, 2.05) is 20.1 Å². The number of urea groups is 1. The fourth-order valence-corrected chi connectivity index (χ4v) is 10.2. The van der Waals surface area contributed by atoms with Crippen molar-refractivity contribution in [3.63, 3.8) is 0 Å². The lowest BCUT2D eigenvalue weighted by molar-refractivity contribution is -0.128. The van der Waals surface area contributed by atoms with Crippen LogP contribution in [-0.4, -0.2) is 78.1 Å². The molecule has 344 valence electrons. The van der Waals surface area contributed by atoms with Crippen LogP contribution in [0.3, 0.4) is 0 Å². The number of amides is 4. The molecule has 18 nitrogen and oxygen atoms in total. The number of nitrogens with two attached hydrogens (primary N) is 1. The fraction of sp³-hybridized carbons (Fsp3) is 0.500. The van der Waals surface area contributed by atoms with Crippen LogP contribution in [0.2, 0.25) is 0 Å². The monoisotopic (exact) mass is 918 g/mol. The maximum atomic E-state index is 12.8. The lowest BCUT2D eigenvalue weighted by Crippen LogP contribution is -2.35. The molecule has 0 radical (unpaired) electrons. The highest BCUT2D eigenvalue weighted by molar-refractivity contribution is 7.90. The highest BCUT2D eigenvalue weighted by Gasteiger charge is 2.29. The summed E-state index contributed by atoms with van der Waals surface area (Å²) in [6.07, 6.45) is 14.6. The number of aromatic nitrogens is 4. The molecule has 4 aliphatic rings. The van der Waals surface area contributed by atoms with Crippen LogP contribution in [0.15, 0.2) is 34.3 Å². The van der Waals surface area contributed by atoms with Crippen LogP contribution >= 0.6 is 0 Å². The van der Waals surface area contributed by atoms with Crippen LogP contribution in [-0.2, 0) is 101 Å². The summed E-state index contributed by atoms with van der Waals surface area (Å²) in [7, 11) is -3.14. The summed E-state index contributed by atoms with van der Waals surface area (Å²) < 4.78 is 58.3. The minimum absolute atomic E-state index is 0.0177. The number of carbonyl (C=O) groups is 3. The molecule has 0 spiro atoms. The Morgan fingerprint density at radius 3 is 1.66 bits per heavy atom. The number of ether oxygens (including phenoxy) is 1. The number of anilines is 1. The molecule has 2 heterocycles. The first-order chi connectivity index (χ1) is 30.2. The predicted molar refractivity (Wildman–Crippen MR) is 238 cm³/mol. The zero-order valence-corrected chi connectivity index (χ0v) is 39.2. The summed E-state index contributed by atoms with van der Waals surface area (Å²) in [5.41, 5.74) is 12.1. The van der Waals surface area contributed by atoms with E-state index in [-0.39, 0.29) is 41.0 Å². The Morgan fingerprint density at radius 2 is 1.20 bits per heavy atom. The maximum absolute atomic E-state index is 12.8. The molecule has 4 aliphatic carbocycles. The molecular weight excluding hydrogens is 861 g/mol. The Morgan fingerprint density at radius 1 is 0.750 bits per heavy atom. The summed E-state index contributed by atoms with van der Waals surface area (Å²) in [6.45, 7) is 7.11. The third-order valence-electron chi connectivity index (χ3n) is 12.2. The number of fused-ring (bicyclic) bond motifs is 4. The molecule has 0 bridgehead atoms. The van der Waals surface area contributed by atoms with Gasteiger partial charge in [-0.1, -0.05) is 12.1 Å². The van der Waals surface area contributed by atoms with Gasteiger partial charge in [0.05, 0.1) is 24.5 Å². The van der Waals surface area contributed by atoms with Gasteiger partial charge in [-0.3, -0.25) is 19.0 Å². The van der Waals surface area contributed by atoms with Gasteiger partial charge in [-0.05, 0) is 135 Å². The molecule has 8 rings (SSSR count). The standard InChI is InChI=1S/C21H27N5O4S.C13H13NO.C10H18N4O3S/c1-13(27)25(2)12-16-11-19(23-26(16)3)31(29,30)24-21(28)22-20-17-8-4-6-14(17)10-15-7-5-9-18(15)20;14-8-15-13-11-5-1-3-9(11)7-10-4-2-6-12(10)13;1-7(2)14-9(6-13(4)8(3)15)5-10(12-14)18(11,16)17/h10-11H,4-9,12H2,1-3H3,(H2,22,24,28);7H,1-6H2;5,7H,6H2,1-4H3,(H2,11,16,17). The van der Waals surface area contributed by atoms with E-state index in [9.17, 15) is 31.2 Å². The molecule has 64 heavy (non-hydrogen) atoms. The van der Waals surface area contributed by atoms with Gasteiger partial charge in [-0.15, -0.1) is 5.26 Å². The van der Waals surface area contributed by atoms with E-state index in [0.29, 0.717) is 11.4 Å². The smallest absolute Gasteiger partial charge is 0.333 e. The van der Waals surface area contributed by atoms with Crippen molar-refractivity contribution in [2.24, 2.45) is 12.2 Å². The average Bonchev–Trinajstić information content (AvgIpc) is 4.07. The van der Waals surface area contributed by atoms with Crippen molar-refractivity contribution in [1.29, 1.82) is 5.26 Å². The van der Waals surface area contributed by atoms with E-state index in [1.54, 1.807) is 25.8 Å². The van der Waals surface area contributed by atoms with Gasteiger partial charge in [0.15, 0.2) is 10.1 Å². The number of aryl methyl sites for hydroxylation is 5. The van der Waals surface area contributed by atoms with Crippen LogP contribution < -0.4 is 19.9 Å². The topological polar surface area (TPSA) is 245 Å². The molecule has 4 N–H and O–H groups in total. The Bertz CT molecular complexity index is 2670. The molecule has 0 atom stereocenters. The summed E-state index contributed by atoms with van der Waals surface area (Å²) in [5.74, 6) is 0.648. The van der Waals surface area contributed by atoms with E-state index in [2.05, 4.69) is 32.4 Å². The normalized spacial score (nSPS) is 14.5. The van der Waals surface area contributed by atoms with Gasteiger partial charge in [0.2, 0.25) is 11.8 Å². The summed E-state index contributed by atoms with van der Waals surface area (Å²) in [6, 6.07) is 6.55. The molecule has 0 fully saturated rings. The highest BCUT2D eigenvalue weighted by atomic mass is 32.2. The quantitative estimate of drug-likeness (QED) is 0.187. The highest BCUT2D eigenvalue weighted by Crippen LogP contribution is 2.40. The number of carbonyl (C=O) groups excluding carboxylic acids is 3. The number of hydrogen-bond donors (Lipinski definition) is 3. The van der Waals surface area contributed by atoms with Gasteiger partial charge < -0.3 is 19.9 Å². The van der Waals surface area contributed by atoms with E-state index >= 15 is 0 Å². The number of primary sulfonamides is 1. The molecule has 2 aromatic carbocycles. The van der Waals surface area contributed by atoms with Crippen LogP contribution in [0.25, 0.3) is 0 Å². The summed E-state index contributed by atoms with van der Waals surface area (Å²) in [5, 5.41) is 24.1. The molecule has 0 aliphatic heterocycles. The second kappa shape index (κ2) is 19.5.